The number of benzene rings is 1. The Morgan fingerprint density at radius 3 is 2.83 bits per heavy atom. The first-order chi connectivity index (χ1) is 8.61. The first kappa shape index (κ1) is 14.2. The fourth-order valence-corrected chi connectivity index (χ4v) is 3.46. The minimum absolute atomic E-state index is 0.563. The number of halogens is 2. The molecule has 0 aliphatic carbocycles. The van der Waals surface area contributed by atoms with Gasteiger partial charge in [0, 0.05) is 30.0 Å². The summed E-state index contributed by atoms with van der Waals surface area (Å²) >= 11 is 9.49. The Balaban J connectivity index is 2.06. The Labute approximate surface area is 123 Å². The van der Waals surface area contributed by atoms with Crippen LogP contribution in [0.25, 0.3) is 0 Å². The maximum atomic E-state index is 5.85. The topological polar surface area (TPSA) is 6.48 Å². The zero-order valence-electron chi connectivity index (χ0n) is 11.0. The van der Waals surface area contributed by atoms with Crippen LogP contribution < -0.4 is 4.90 Å². The van der Waals surface area contributed by atoms with Gasteiger partial charge in [-0.25, -0.2) is 0 Å². The van der Waals surface area contributed by atoms with Crippen LogP contribution in [0.15, 0.2) is 22.7 Å². The second kappa shape index (κ2) is 6.27. The Morgan fingerprint density at radius 2 is 2.28 bits per heavy atom. The summed E-state index contributed by atoms with van der Waals surface area (Å²) in [6.45, 7) is 2.31. The number of nitrogens with zero attached hydrogens (tertiary/aromatic N) is 2. The summed E-state index contributed by atoms with van der Waals surface area (Å²) < 4.78 is 1.13. The average Bonchev–Trinajstić information content (AvgIpc) is 2.74. The predicted molar refractivity (Wildman–Crippen MR) is 82.6 cm³/mol. The van der Waals surface area contributed by atoms with Crippen LogP contribution in [0.5, 0.6) is 0 Å². The summed E-state index contributed by atoms with van der Waals surface area (Å²) in [5.74, 6) is 0.563. The van der Waals surface area contributed by atoms with Gasteiger partial charge in [-0.15, -0.1) is 11.6 Å². The Hall–Kier alpha value is -0.250. The highest BCUT2D eigenvalue weighted by atomic mass is 79.9. The standard InChI is InChI=1S/C14H20BrClN2/c1-17-7-3-4-12(17)10-18(2)14-6-5-11(9-16)8-13(14)15/h5-6,8,12H,3-4,7,9-10H2,1-2H3. The van der Waals surface area contributed by atoms with E-state index in [4.69, 9.17) is 11.6 Å². The van der Waals surface area contributed by atoms with Crippen LogP contribution in [0, 0.1) is 0 Å². The van der Waals surface area contributed by atoms with E-state index in [1.165, 1.54) is 25.1 Å². The van der Waals surface area contributed by atoms with Crippen molar-refractivity contribution in [3.63, 3.8) is 0 Å². The van der Waals surface area contributed by atoms with Crippen LogP contribution in [0.4, 0.5) is 5.69 Å². The molecule has 0 radical (unpaired) electrons. The molecular formula is C14H20BrClN2. The third kappa shape index (κ3) is 3.19. The van der Waals surface area contributed by atoms with E-state index in [9.17, 15) is 0 Å². The Morgan fingerprint density at radius 1 is 1.50 bits per heavy atom. The molecule has 1 saturated heterocycles. The van der Waals surface area contributed by atoms with Crippen molar-refractivity contribution in [1.29, 1.82) is 0 Å². The molecule has 1 heterocycles. The van der Waals surface area contributed by atoms with Crippen LogP contribution in [-0.4, -0.2) is 38.1 Å². The van der Waals surface area contributed by atoms with Crippen molar-refractivity contribution in [3.05, 3.63) is 28.2 Å². The van der Waals surface area contributed by atoms with Crippen molar-refractivity contribution in [2.45, 2.75) is 24.8 Å². The van der Waals surface area contributed by atoms with E-state index in [1.54, 1.807) is 0 Å². The van der Waals surface area contributed by atoms with Gasteiger partial charge in [0.05, 0.1) is 5.69 Å². The van der Waals surface area contributed by atoms with Gasteiger partial charge in [0.1, 0.15) is 0 Å². The lowest BCUT2D eigenvalue weighted by molar-refractivity contribution is 0.314. The second-order valence-corrected chi connectivity index (χ2v) is 6.20. The van der Waals surface area contributed by atoms with Crippen LogP contribution in [-0.2, 0) is 5.88 Å². The van der Waals surface area contributed by atoms with Gasteiger partial charge in [-0.3, -0.25) is 0 Å². The second-order valence-electron chi connectivity index (χ2n) is 5.08. The van der Waals surface area contributed by atoms with E-state index in [0.717, 1.165) is 16.6 Å². The number of anilines is 1. The quantitative estimate of drug-likeness (QED) is 0.776. The third-order valence-electron chi connectivity index (χ3n) is 3.73. The molecule has 1 atom stereocenters. The van der Waals surface area contributed by atoms with Gasteiger partial charge in [0.25, 0.3) is 0 Å². The van der Waals surface area contributed by atoms with Crippen LogP contribution in [0.3, 0.4) is 0 Å². The zero-order valence-corrected chi connectivity index (χ0v) is 13.3. The number of hydrogen-bond acceptors (Lipinski definition) is 2. The summed E-state index contributed by atoms with van der Waals surface area (Å²) in [7, 11) is 4.38. The fourth-order valence-electron chi connectivity index (χ4n) is 2.57. The summed E-state index contributed by atoms with van der Waals surface area (Å²) in [6, 6.07) is 7.03. The zero-order chi connectivity index (χ0) is 13.1. The van der Waals surface area contributed by atoms with Gasteiger partial charge in [0.2, 0.25) is 0 Å². The smallest absolute Gasteiger partial charge is 0.0508 e. The summed E-state index contributed by atoms with van der Waals surface area (Å²) in [5.41, 5.74) is 2.39. The Bertz CT molecular complexity index is 411. The molecule has 100 valence electrons. The normalized spacial score (nSPS) is 20.3. The number of likely N-dealkylation sites (N-methyl/N-ethyl adjacent to an activating group) is 2. The van der Waals surface area contributed by atoms with E-state index in [0.29, 0.717) is 11.9 Å². The SMILES string of the molecule is CN(CC1CCCN1C)c1ccc(CCl)cc1Br. The van der Waals surface area contributed by atoms with Crippen molar-refractivity contribution in [3.8, 4) is 0 Å². The highest BCUT2D eigenvalue weighted by molar-refractivity contribution is 9.10. The van der Waals surface area contributed by atoms with Gasteiger partial charge >= 0.3 is 0 Å². The van der Waals surface area contributed by atoms with Crippen molar-refractivity contribution < 1.29 is 0 Å². The van der Waals surface area contributed by atoms with E-state index in [1.807, 2.05) is 0 Å². The molecule has 4 heteroatoms. The lowest BCUT2D eigenvalue weighted by Gasteiger charge is -2.28. The van der Waals surface area contributed by atoms with Crippen molar-refractivity contribution in [2.75, 3.05) is 32.1 Å². The van der Waals surface area contributed by atoms with Gasteiger partial charge in [0.15, 0.2) is 0 Å². The molecule has 0 saturated carbocycles. The summed E-state index contributed by atoms with van der Waals surface area (Å²) in [4.78, 5) is 4.78. The number of likely N-dealkylation sites (tertiary alicyclic amines) is 1. The lowest BCUT2D eigenvalue weighted by Crippen LogP contribution is -2.36. The van der Waals surface area contributed by atoms with E-state index in [2.05, 4.69) is 58.0 Å². The van der Waals surface area contributed by atoms with Gasteiger partial charge in [-0.2, -0.15) is 0 Å². The molecule has 0 spiro atoms. The number of rotatable bonds is 4. The van der Waals surface area contributed by atoms with E-state index >= 15 is 0 Å². The van der Waals surface area contributed by atoms with Crippen molar-refractivity contribution >= 4 is 33.2 Å². The number of alkyl halides is 1. The maximum absolute atomic E-state index is 5.85. The molecule has 1 aliphatic heterocycles. The minimum Gasteiger partial charge on any atom is -0.372 e. The molecule has 18 heavy (non-hydrogen) atoms. The van der Waals surface area contributed by atoms with E-state index < -0.39 is 0 Å². The highest BCUT2D eigenvalue weighted by Crippen LogP contribution is 2.28. The molecule has 1 aliphatic rings. The molecule has 1 aromatic rings. The summed E-state index contributed by atoms with van der Waals surface area (Å²) in [5, 5.41) is 0. The number of hydrogen-bond donors (Lipinski definition) is 0. The van der Waals surface area contributed by atoms with Crippen LogP contribution in [0.2, 0.25) is 0 Å². The third-order valence-corrected chi connectivity index (χ3v) is 4.68. The highest BCUT2D eigenvalue weighted by Gasteiger charge is 2.22. The molecule has 0 aromatic heterocycles. The van der Waals surface area contributed by atoms with Gasteiger partial charge in [-0.1, -0.05) is 6.07 Å². The van der Waals surface area contributed by atoms with Crippen LogP contribution >= 0.6 is 27.5 Å². The molecule has 0 N–H and O–H groups in total. The fraction of sp³-hybridized carbons (Fsp3) is 0.571. The molecular weight excluding hydrogens is 312 g/mol. The minimum atomic E-state index is 0.563. The van der Waals surface area contributed by atoms with Crippen LogP contribution in [0.1, 0.15) is 18.4 Å². The predicted octanol–water partition coefficient (Wildman–Crippen LogP) is 3.72. The van der Waals surface area contributed by atoms with Gasteiger partial charge < -0.3 is 9.80 Å². The van der Waals surface area contributed by atoms with Gasteiger partial charge in [-0.05, 0) is 60.1 Å². The average molecular weight is 332 g/mol. The molecule has 2 nitrogen and oxygen atoms in total. The van der Waals surface area contributed by atoms with Crippen molar-refractivity contribution in [2.24, 2.45) is 0 Å². The Kier molecular flexibility index (Phi) is 4.93. The first-order valence-electron chi connectivity index (χ1n) is 6.37. The molecule has 0 bridgehead atoms. The first-order valence-corrected chi connectivity index (χ1v) is 7.70. The van der Waals surface area contributed by atoms with E-state index in [-0.39, 0.29) is 0 Å². The monoisotopic (exact) mass is 330 g/mol. The molecule has 1 unspecified atom stereocenters. The molecule has 1 fully saturated rings. The molecule has 2 rings (SSSR count). The molecule has 0 amide bonds. The maximum Gasteiger partial charge on any atom is 0.0508 e. The molecule has 1 aromatic carbocycles. The van der Waals surface area contributed by atoms with Crippen molar-refractivity contribution in [1.82, 2.24) is 4.90 Å². The lowest BCUT2D eigenvalue weighted by atomic mass is 10.2. The largest absolute Gasteiger partial charge is 0.372 e. The summed E-state index contributed by atoms with van der Waals surface area (Å²) in [6.07, 6.45) is 2.62.